The number of allylic oxidation sites excluding steroid dienone is 2. The van der Waals surface area contributed by atoms with Crippen LogP contribution in [0.4, 0.5) is 37.7 Å². The topological polar surface area (TPSA) is 107 Å². The Morgan fingerprint density at radius 2 is 1.60 bits per heavy atom. The highest BCUT2D eigenvalue weighted by molar-refractivity contribution is 8.03. The lowest BCUT2D eigenvalue weighted by Gasteiger charge is -2.28. The Bertz CT molecular complexity index is 1560. The molecule has 0 saturated carbocycles. The number of alkyl halides is 6. The fraction of sp³-hybridized carbons (Fsp3) is 0.179. The number of thioether (sulfide) groups is 1. The summed E-state index contributed by atoms with van der Waals surface area (Å²) in [6, 6.07) is 14.5. The van der Waals surface area contributed by atoms with Gasteiger partial charge in [-0.3, -0.25) is 9.59 Å². The maximum atomic E-state index is 13.3. The number of dihydropyridines is 1. The third-order valence-corrected chi connectivity index (χ3v) is 6.99. The zero-order valence-corrected chi connectivity index (χ0v) is 22.3. The van der Waals surface area contributed by atoms with Crippen molar-refractivity contribution in [1.29, 1.82) is 5.26 Å². The van der Waals surface area contributed by atoms with Gasteiger partial charge in [0, 0.05) is 17.1 Å². The maximum Gasteiger partial charge on any atom is 0.416 e. The lowest BCUT2D eigenvalue weighted by molar-refractivity contribution is -0.143. The zero-order valence-electron chi connectivity index (χ0n) is 21.5. The lowest BCUT2D eigenvalue weighted by atomic mass is 9.85. The summed E-state index contributed by atoms with van der Waals surface area (Å²) in [7, 11) is 0. The van der Waals surface area contributed by atoms with Crippen molar-refractivity contribution < 1.29 is 40.3 Å². The number of hydrogen-bond donors (Lipinski definition) is 3. The molecular weight excluding hydrogens is 586 g/mol. The highest BCUT2D eigenvalue weighted by Gasteiger charge is 2.38. The molecule has 0 unspecified atom stereocenters. The largest absolute Gasteiger partial charge is 0.468 e. The van der Waals surface area contributed by atoms with Gasteiger partial charge in [-0.15, -0.1) is 0 Å². The first-order valence-electron chi connectivity index (χ1n) is 12.0. The third-order valence-electron chi connectivity index (χ3n) is 5.97. The minimum absolute atomic E-state index is 0.0185. The Morgan fingerprint density at radius 1 is 0.952 bits per heavy atom. The first-order chi connectivity index (χ1) is 19.8. The summed E-state index contributed by atoms with van der Waals surface area (Å²) in [5.74, 6) is -2.65. The van der Waals surface area contributed by atoms with Gasteiger partial charge in [-0.25, -0.2) is 0 Å². The van der Waals surface area contributed by atoms with E-state index < -0.39 is 52.7 Å². The molecule has 4 rings (SSSR count). The van der Waals surface area contributed by atoms with Crippen LogP contribution in [0.5, 0.6) is 0 Å². The molecule has 3 aromatic rings. The lowest BCUT2D eigenvalue weighted by Crippen LogP contribution is -2.31. The van der Waals surface area contributed by atoms with Crippen LogP contribution in [0.3, 0.4) is 0 Å². The highest BCUT2D eigenvalue weighted by Crippen LogP contribution is 2.41. The summed E-state index contributed by atoms with van der Waals surface area (Å²) < 4.78 is 84.6. The SMILES string of the molecule is CC1=C(C(=O)Nc2ccccc2)[C@H](c2ccco2)C(C#N)=C(SCC(=O)Nc2cc(C(F)(F)F)cc(C(F)(F)F)c2)N1. The van der Waals surface area contributed by atoms with Gasteiger partial charge in [0.1, 0.15) is 5.76 Å². The smallest absolute Gasteiger partial charge is 0.416 e. The number of carbonyl (C=O) groups excluding carboxylic acids is 2. The van der Waals surface area contributed by atoms with E-state index in [1.165, 1.54) is 6.26 Å². The highest BCUT2D eigenvalue weighted by atomic mass is 32.2. The number of furan rings is 1. The Labute approximate surface area is 239 Å². The molecule has 0 bridgehead atoms. The second-order valence-electron chi connectivity index (χ2n) is 8.92. The van der Waals surface area contributed by atoms with Crippen LogP contribution < -0.4 is 16.0 Å². The van der Waals surface area contributed by atoms with Gasteiger partial charge < -0.3 is 20.4 Å². The Balaban J connectivity index is 1.58. The van der Waals surface area contributed by atoms with Gasteiger partial charge in [-0.2, -0.15) is 31.6 Å². The number of amides is 2. The van der Waals surface area contributed by atoms with E-state index in [2.05, 4.69) is 16.0 Å². The van der Waals surface area contributed by atoms with E-state index in [4.69, 9.17) is 4.42 Å². The molecular formula is C28H20F6N4O3S. The molecule has 218 valence electrons. The summed E-state index contributed by atoms with van der Waals surface area (Å²) in [6.45, 7) is 1.58. The van der Waals surface area contributed by atoms with E-state index in [1.54, 1.807) is 49.4 Å². The van der Waals surface area contributed by atoms with Crippen molar-refractivity contribution in [2.45, 2.75) is 25.2 Å². The molecule has 14 heteroatoms. The van der Waals surface area contributed by atoms with Crippen LogP contribution in [-0.4, -0.2) is 17.6 Å². The van der Waals surface area contributed by atoms with Gasteiger partial charge in [0.2, 0.25) is 5.91 Å². The number of anilines is 2. The molecule has 2 amide bonds. The normalized spacial score (nSPS) is 15.6. The van der Waals surface area contributed by atoms with Gasteiger partial charge in [0.15, 0.2) is 0 Å². The number of nitriles is 1. The Kier molecular flexibility index (Phi) is 8.72. The van der Waals surface area contributed by atoms with Crippen molar-refractivity contribution in [3.05, 3.63) is 106 Å². The van der Waals surface area contributed by atoms with Crippen molar-refractivity contribution in [3.8, 4) is 6.07 Å². The fourth-order valence-electron chi connectivity index (χ4n) is 4.15. The molecule has 42 heavy (non-hydrogen) atoms. The van der Waals surface area contributed by atoms with Crippen LogP contribution in [0.15, 0.2) is 93.2 Å². The number of rotatable bonds is 7. The molecule has 0 radical (unpaired) electrons. The molecule has 1 atom stereocenters. The second-order valence-corrected chi connectivity index (χ2v) is 9.90. The van der Waals surface area contributed by atoms with E-state index in [0.29, 0.717) is 23.5 Å². The summed E-state index contributed by atoms with van der Waals surface area (Å²) in [5.41, 5.74) is -2.83. The molecule has 2 aromatic carbocycles. The average molecular weight is 607 g/mol. The van der Waals surface area contributed by atoms with Crippen LogP contribution in [0, 0.1) is 11.3 Å². The van der Waals surface area contributed by atoms with Crippen molar-refractivity contribution >= 4 is 35.0 Å². The molecule has 7 nitrogen and oxygen atoms in total. The minimum atomic E-state index is -5.08. The number of hydrogen-bond acceptors (Lipinski definition) is 6. The van der Waals surface area contributed by atoms with Crippen LogP contribution >= 0.6 is 11.8 Å². The van der Waals surface area contributed by atoms with Crippen molar-refractivity contribution in [1.82, 2.24) is 5.32 Å². The molecule has 0 saturated heterocycles. The first-order valence-corrected chi connectivity index (χ1v) is 13.0. The maximum absolute atomic E-state index is 13.3. The second kappa shape index (κ2) is 12.1. The van der Waals surface area contributed by atoms with Crippen molar-refractivity contribution in [2.75, 3.05) is 16.4 Å². The summed E-state index contributed by atoms with van der Waals surface area (Å²) in [6.07, 6.45) is -8.80. The first kappa shape index (κ1) is 30.3. The third kappa shape index (κ3) is 6.98. The number of nitrogens with zero attached hydrogens (tertiary/aromatic N) is 1. The standard InChI is InChI=1S/C28H20F6N4O3S/c1-15-23(25(40)38-18-6-3-2-4-7-18)24(21-8-5-9-41-21)20(13-35)26(36-15)42-14-22(39)37-19-11-16(27(29,30)31)10-17(12-19)28(32,33)34/h2-12,24,36H,14H2,1H3,(H,37,39)(H,38,40)/t24-/m0/s1. The molecule has 1 aliphatic heterocycles. The summed E-state index contributed by atoms with van der Waals surface area (Å²) in [5, 5.41) is 17.9. The Hall–Kier alpha value is -4.64. The minimum Gasteiger partial charge on any atom is -0.468 e. The number of benzene rings is 2. The Morgan fingerprint density at radius 3 is 2.14 bits per heavy atom. The van der Waals surface area contributed by atoms with Crippen LogP contribution in [-0.2, 0) is 21.9 Å². The molecule has 0 aliphatic carbocycles. The monoisotopic (exact) mass is 606 g/mol. The number of halogens is 6. The van der Waals surface area contributed by atoms with E-state index in [0.717, 1.165) is 11.8 Å². The summed E-state index contributed by atoms with van der Waals surface area (Å²) in [4.78, 5) is 25.9. The number of carbonyl (C=O) groups is 2. The van der Waals surface area contributed by atoms with E-state index in [9.17, 15) is 41.2 Å². The van der Waals surface area contributed by atoms with Crippen molar-refractivity contribution in [3.63, 3.8) is 0 Å². The zero-order chi connectivity index (χ0) is 30.7. The van der Waals surface area contributed by atoms with Gasteiger partial charge in [0.25, 0.3) is 5.91 Å². The fourth-order valence-corrected chi connectivity index (χ4v) is 5.04. The van der Waals surface area contributed by atoms with E-state index in [-0.39, 0.29) is 28.0 Å². The molecule has 0 fully saturated rings. The van der Waals surface area contributed by atoms with E-state index >= 15 is 0 Å². The molecule has 1 aromatic heterocycles. The molecule has 2 heterocycles. The van der Waals surface area contributed by atoms with Crippen LogP contribution in [0.25, 0.3) is 0 Å². The predicted octanol–water partition coefficient (Wildman–Crippen LogP) is 7.02. The number of para-hydroxylation sites is 1. The number of nitrogens with one attached hydrogen (secondary N) is 3. The van der Waals surface area contributed by atoms with Gasteiger partial charge in [-0.05, 0) is 49.4 Å². The predicted molar refractivity (Wildman–Crippen MR) is 143 cm³/mol. The van der Waals surface area contributed by atoms with Crippen molar-refractivity contribution in [2.24, 2.45) is 0 Å². The van der Waals surface area contributed by atoms with Gasteiger partial charge in [0.05, 0.1) is 51.3 Å². The van der Waals surface area contributed by atoms with Gasteiger partial charge >= 0.3 is 12.4 Å². The average Bonchev–Trinajstić information content (AvgIpc) is 3.45. The van der Waals surface area contributed by atoms with Crippen LogP contribution in [0.2, 0.25) is 0 Å². The quantitative estimate of drug-likeness (QED) is 0.250. The summed E-state index contributed by atoms with van der Waals surface area (Å²) >= 11 is 0.781. The molecule has 0 spiro atoms. The molecule has 3 N–H and O–H groups in total. The van der Waals surface area contributed by atoms with Crippen LogP contribution in [0.1, 0.15) is 29.7 Å². The van der Waals surface area contributed by atoms with Gasteiger partial charge in [-0.1, -0.05) is 30.0 Å². The molecule has 1 aliphatic rings. The van der Waals surface area contributed by atoms with E-state index in [1.807, 2.05) is 6.07 Å².